The number of hydrogen-bond donors (Lipinski definition) is 2. The van der Waals surface area contributed by atoms with Crippen molar-refractivity contribution in [2.24, 2.45) is 0 Å². The van der Waals surface area contributed by atoms with E-state index in [2.05, 4.69) is 29.6 Å². The van der Waals surface area contributed by atoms with E-state index in [1.807, 2.05) is 19.1 Å². The van der Waals surface area contributed by atoms with Crippen molar-refractivity contribution in [3.8, 4) is 16.9 Å². The highest BCUT2D eigenvalue weighted by Gasteiger charge is 2.38. The van der Waals surface area contributed by atoms with Crippen LogP contribution in [0.4, 0.5) is 13.2 Å². The van der Waals surface area contributed by atoms with Crippen molar-refractivity contribution >= 4 is 17.6 Å². The lowest BCUT2D eigenvalue weighted by molar-refractivity contribution is -0.192. The molecule has 0 atom stereocenters. The Morgan fingerprint density at radius 2 is 1.81 bits per heavy atom. The van der Waals surface area contributed by atoms with Gasteiger partial charge < -0.3 is 15.2 Å². The van der Waals surface area contributed by atoms with Gasteiger partial charge in [-0.3, -0.25) is 0 Å². The molecule has 0 saturated carbocycles. The lowest BCUT2D eigenvalue weighted by Gasteiger charge is -2.15. The standard InChI is InChI=1S/C16H16ClNO.C2HF3O2/c1-11-13(5-3-7-15(11)17)14-6-2-4-12-10-18-8-9-19-16(12)14;3-2(4,5)1(6)7/h2-7,18H,8-10H2,1H3;(H,6,7). The number of para-hydroxylation sites is 1. The molecule has 1 heterocycles. The molecule has 0 spiro atoms. The molecule has 1 aliphatic rings. The van der Waals surface area contributed by atoms with Crippen LogP contribution in [-0.2, 0) is 11.3 Å². The van der Waals surface area contributed by atoms with E-state index in [-0.39, 0.29) is 0 Å². The maximum Gasteiger partial charge on any atom is 0.490 e. The molecule has 8 heteroatoms. The predicted octanol–water partition coefficient (Wildman–Crippen LogP) is 4.43. The minimum absolute atomic E-state index is 0.698. The summed E-state index contributed by atoms with van der Waals surface area (Å²) in [5, 5.41) is 11.3. The number of aliphatic carboxylic acids is 1. The van der Waals surface area contributed by atoms with Crippen LogP contribution in [0.3, 0.4) is 0 Å². The third kappa shape index (κ3) is 4.89. The van der Waals surface area contributed by atoms with E-state index >= 15 is 0 Å². The van der Waals surface area contributed by atoms with Crippen LogP contribution in [-0.4, -0.2) is 30.4 Å². The maximum absolute atomic E-state index is 10.6. The molecular formula is C18H17ClF3NO3. The van der Waals surface area contributed by atoms with Gasteiger partial charge in [-0.2, -0.15) is 13.2 Å². The molecule has 0 amide bonds. The van der Waals surface area contributed by atoms with Crippen molar-refractivity contribution in [2.75, 3.05) is 13.2 Å². The van der Waals surface area contributed by atoms with Gasteiger partial charge in [-0.15, -0.1) is 0 Å². The first-order valence-corrected chi connectivity index (χ1v) is 8.10. The number of carbonyl (C=O) groups is 1. The fraction of sp³-hybridized carbons (Fsp3) is 0.278. The summed E-state index contributed by atoms with van der Waals surface area (Å²) in [5.41, 5.74) is 4.57. The van der Waals surface area contributed by atoms with Crippen molar-refractivity contribution in [1.82, 2.24) is 5.32 Å². The average Bonchev–Trinajstić information content (AvgIpc) is 2.82. The Labute approximate surface area is 153 Å². The highest BCUT2D eigenvalue weighted by atomic mass is 35.5. The van der Waals surface area contributed by atoms with Gasteiger partial charge in [-0.25, -0.2) is 4.79 Å². The highest BCUT2D eigenvalue weighted by molar-refractivity contribution is 6.31. The summed E-state index contributed by atoms with van der Waals surface area (Å²) in [5.74, 6) is -1.77. The van der Waals surface area contributed by atoms with E-state index in [1.165, 1.54) is 5.56 Å². The van der Waals surface area contributed by atoms with Crippen molar-refractivity contribution < 1.29 is 27.8 Å². The van der Waals surface area contributed by atoms with Crippen LogP contribution in [0, 0.1) is 6.92 Å². The molecule has 140 valence electrons. The van der Waals surface area contributed by atoms with Gasteiger partial charge >= 0.3 is 12.1 Å². The Balaban J connectivity index is 0.000000298. The van der Waals surface area contributed by atoms with Crippen LogP contribution in [0.15, 0.2) is 36.4 Å². The first kappa shape index (κ1) is 20.1. The molecule has 26 heavy (non-hydrogen) atoms. The van der Waals surface area contributed by atoms with E-state index in [0.29, 0.717) is 6.61 Å². The molecule has 2 N–H and O–H groups in total. The van der Waals surface area contributed by atoms with Gasteiger partial charge in [0.2, 0.25) is 0 Å². The number of halogens is 4. The lowest BCUT2D eigenvalue weighted by atomic mass is 9.97. The van der Waals surface area contributed by atoms with Crippen LogP contribution in [0.2, 0.25) is 5.02 Å². The molecule has 4 nitrogen and oxygen atoms in total. The van der Waals surface area contributed by atoms with E-state index in [9.17, 15) is 13.2 Å². The summed E-state index contributed by atoms with van der Waals surface area (Å²) < 4.78 is 37.7. The van der Waals surface area contributed by atoms with Gasteiger partial charge in [0.15, 0.2) is 0 Å². The number of benzene rings is 2. The van der Waals surface area contributed by atoms with Crippen LogP contribution in [0.5, 0.6) is 5.75 Å². The molecule has 0 fully saturated rings. The predicted molar refractivity (Wildman–Crippen MR) is 92.5 cm³/mol. The number of nitrogens with one attached hydrogen (secondary N) is 1. The Morgan fingerprint density at radius 3 is 2.46 bits per heavy atom. The van der Waals surface area contributed by atoms with Crippen LogP contribution >= 0.6 is 11.6 Å². The fourth-order valence-electron chi connectivity index (χ4n) is 2.45. The summed E-state index contributed by atoms with van der Waals surface area (Å²) in [6.45, 7) is 4.47. The molecule has 0 saturated heterocycles. The minimum Gasteiger partial charge on any atom is -0.491 e. The molecular weight excluding hydrogens is 371 g/mol. The van der Waals surface area contributed by atoms with E-state index in [1.54, 1.807) is 0 Å². The monoisotopic (exact) mass is 387 g/mol. The molecule has 1 aliphatic heterocycles. The SMILES string of the molecule is Cc1c(Cl)cccc1-c1cccc2c1OCCNC2.O=C(O)C(F)(F)F. The third-order valence-electron chi connectivity index (χ3n) is 3.74. The van der Waals surface area contributed by atoms with Gasteiger partial charge in [0.1, 0.15) is 12.4 Å². The molecule has 2 aromatic rings. The second-order valence-corrected chi connectivity index (χ2v) is 5.94. The maximum atomic E-state index is 10.6. The molecule has 0 radical (unpaired) electrons. The first-order chi connectivity index (χ1) is 12.2. The van der Waals surface area contributed by atoms with Crippen molar-refractivity contribution in [1.29, 1.82) is 0 Å². The number of rotatable bonds is 1. The van der Waals surface area contributed by atoms with E-state index < -0.39 is 12.1 Å². The fourth-order valence-corrected chi connectivity index (χ4v) is 2.63. The molecule has 3 rings (SSSR count). The minimum atomic E-state index is -5.08. The van der Waals surface area contributed by atoms with E-state index in [4.69, 9.17) is 26.2 Å². The van der Waals surface area contributed by atoms with Gasteiger partial charge in [0.05, 0.1) is 0 Å². The Hall–Kier alpha value is -2.25. The third-order valence-corrected chi connectivity index (χ3v) is 4.15. The van der Waals surface area contributed by atoms with E-state index in [0.717, 1.165) is 40.6 Å². The normalized spacial score (nSPS) is 13.6. The lowest BCUT2D eigenvalue weighted by Crippen LogP contribution is -2.21. The second kappa shape index (κ2) is 8.42. The number of carboxylic acids is 1. The quantitative estimate of drug-likeness (QED) is 0.760. The van der Waals surface area contributed by atoms with Gasteiger partial charge in [0.25, 0.3) is 0 Å². The smallest absolute Gasteiger partial charge is 0.490 e. The molecule has 2 aromatic carbocycles. The van der Waals surface area contributed by atoms with Crippen molar-refractivity contribution in [2.45, 2.75) is 19.6 Å². The summed E-state index contributed by atoms with van der Waals surface area (Å²) in [4.78, 5) is 8.90. The second-order valence-electron chi connectivity index (χ2n) is 5.53. The first-order valence-electron chi connectivity index (χ1n) is 7.73. The van der Waals surface area contributed by atoms with Crippen LogP contribution in [0.25, 0.3) is 11.1 Å². The zero-order chi connectivity index (χ0) is 19.3. The number of carboxylic acid groups (broad SMARTS) is 1. The number of alkyl halides is 3. The molecule has 0 unspecified atom stereocenters. The van der Waals surface area contributed by atoms with Crippen molar-refractivity contribution in [3.05, 3.63) is 52.5 Å². The molecule has 0 aromatic heterocycles. The molecule has 0 bridgehead atoms. The van der Waals surface area contributed by atoms with Crippen LogP contribution in [0.1, 0.15) is 11.1 Å². The Kier molecular flexibility index (Phi) is 6.50. The summed E-state index contributed by atoms with van der Waals surface area (Å²) in [7, 11) is 0. The topological polar surface area (TPSA) is 58.6 Å². The highest BCUT2D eigenvalue weighted by Crippen LogP contribution is 2.37. The Morgan fingerprint density at radius 1 is 1.19 bits per heavy atom. The van der Waals surface area contributed by atoms with Crippen LogP contribution < -0.4 is 10.1 Å². The zero-order valence-corrected chi connectivity index (χ0v) is 14.6. The summed E-state index contributed by atoms with van der Waals surface area (Å²) in [6, 6.07) is 12.3. The zero-order valence-electron chi connectivity index (χ0n) is 13.9. The van der Waals surface area contributed by atoms with Gasteiger partial charge in [0, 0.05) is 29.2 Å². The number of hydrogen-bond acceptors (Lipinski definition) is 3. The number of fused-ring (bicyclic) bond motifs is 1. The largest absolute Gasteiger partial charge is 0.491 e. The molecule has 0 aliphatic carbocycles. The van der Waals surface area contributed by atoms with Gasteiger partial charge in [-0.05, 0) is 24.1 Å². The summed E-state index contributed by atoms with van der Waals surface area (Å²) in [6.07, 6.45) is -5.08. The summed E-state index contributed by atoms with van der Waals surface area (Å²) >= 11 is 6.23. The van der Waals surface area contributed by atoms with Crippen molar-refractivity contribution in [3.63, 3.8) is 0 Å². The van der Waals surface area contributed by atoms with Gasteiger partial charge in [-0.1, -0.05) is 41.9 Å². The number of ether oxygens (including phenoxy) is 1. The average molecular weight is 388 g/mol. The Bertz CT molecular complexity index is 794.